The van der Waals surface area contributed by atoms with Gasteiger partial charge in [0.2, 0.25) is 0 Å². The Bertz CT molecular complexity index is 118. The Hall–Kier alpha value is -0.650. The van der Waals surface area contributed by atoms with Crippen LogP contribution in [-0.2, 0) is 19.0 Å². The van der Waals surface area contributed by atoms with Crippen LogP contribution in [-0.4, -0.2) is 50.2 Å². The Kier molecular flexibility index (Phi) is 3.99. The van der Waals surface area contributed by atoms with Crippen LogP contribution < -0.4 is 0 Å². The highest BCUT2D eigenvalue weighted by Gasteiger charge is 2.26. The fourth-order valence-corrected chi connectivity index (χ4v) is 0.659. The predicted octanol–water partition coefficient (Wildman–Crippen LogP) is -0.499. The highest BCUT2D eigenvalue weighted by molar-refractivity contribution is 5.32. The normalized spacial score (nSPS) is 30.0. The molecule has 5 nitrogen and oxygen atoms in total. The largest absolute Gasteiger partial charge is 0.483 e. The summed E-state index contributed by atoms with van der Waals surface area (Å²) in [4.78, 5) is 8.36. The molecule has 0 aromatic carbocycles. The average molecular weight is 176 g/mol. The lowest BCUT2D eigenvalue weighted by Gasteiger charge is -1.95. The third-order valence-electron chi connectivity index (χ3n) is 1.41. The molecule has 2 saturated heterocycles. The van der Waals surface area contributed by atoms with Gasteiger partial charge in [-0.25, -0.2) is 0 Å². The van der Waals surface area contributed by atoms with E-state index in [-0.39, 0.29) is 6.47 Å². The molecule has 5 heteroatoms. The molecule has 2 aliphatic heterocycles. The van der Waals surface area contributed by atoms with Gasteiger partial charge in [0.25, 0.3) is 6.47 Å². The van der Waals surface area contributed by atoms with Crippen molar-refractivity contribution in [3.8, 4) is 0 Å². The smallest absolute Gasteiger partial charge is 0.290 e. The second kappa shape index (κ2) is 5.08. The number of carboxylic acid groups (broad SMARTS) is 1. The van der Waals surface area contributed by atoms with E-state index in [1.54, 1.807) is 0 Å². The molecule has 0 aromatic rings. The standard InChI is InChI=1S/C6H10O3.CH2O2/c1(5-3-8-5)7-2-6-4-9-6;2-1-3/h5-6H,1-4H2;1H,(H,2,3). The van der Waals surface area contributed by atoms with Crippen LogP contribution in [0.2, 0.25) is 0 Å². The monoisotopic (exact) mass is 176 g/mol. The molecule has 12 heavy (non-hydrogen) atoms. The van der Waals surface area contributed by atoms with Crippen LogP contribution in [0.15, 0.2) is 0 Å². The van der Waals surface area contributed by atoms with Crippen molar-refractivity contribution in [2.24, 2.45) is 0 Å². The maximum Gasteiger partial charge on any atom is 0.290 e. The molecule has 2 heterocycles. The lowest BCUT2D eigenvalue weighted by molar-refractivity contribution is -0.122. The van der Waals surface area contributed by atoms with Crippen molar-refractivity contribution in [1.29, 1.82) is 0 Å². The number of hydrogen-bond acceptors (Lipinski definition) is 4. The van der Waals surface area contributed by atoms with E-state index < -0.39 is 0 Å². The van der Waals surface area contributed by atoms with E-state index in [2.05, 4.69) is 0 Å². The molecule has 2 unspecified atom stereocenters. The fourth-order valence-electron chi connectivity index (χ4n) is 0.659. The number of carbonyl (C=O) groups is 1. The molecule has 2 fully saturated rings. The summed E-state index contributed by atoms with van der Waals surface area (Å²) < 4.78 is 15.1. The van der Waals surface area contributed by atoms with Crippen LogP contribution in [0.1, 0.15) is 0 Å². The lowest BCUT2D eigenvalue weighted by atomic mass is 10.5. The van der Waals surface area contributed by atoms with Gasteiger partial charge < -0.3 is 19.3 Å². The number of epoxide rings is 2. The van der Waals surface area contributed by atoms with Crippen molar-refractivity contribution in [1.82, 2.24) is 0 Å². The van der Waals surface area contributed by atoms with Gasteiger partial charge in [-0.2, -0.15) is 0 Å². The molecule has 0 saturated carbocycles. The Labute approximate surface area is 70.2 Å². The minimum Gasteiger partial charge on any atom is -0.483 e. The molecular formula is C7H12O5. The lowest BCUT2D eigenvalue weighted by Crippen LogP contribution is -2.06. The van der Waals surface area contributed by atoms with Gasteiger partial charge in [-0.3, -0.25) is 4.79 Å². The Morgan fingerprint density at radius 2 is 1.67 bits per heavy atom. The summed E-state index contributed by atoms with van der Waals surface area (Å²) >= 11 is 0. The second-order valence-electron chi connectivity index (χ2n) is 2.55. The summed E-state index contributed by atoms with van der Waals surface area (Å²) in [7, 11) is 0. The van der Waals surface area contributed by atoms with E-state index in [4.69, 9.17) is 24.1 Å². The zero-order valence-electron chi connectivity index (χ0n) is 6.64. The van der Waals surface area contributed by atoms with E-state index in [1.807, 2.05) is 0 Å². The van der Waals surface area contributed by atoms with Crippen molar-refractivity contribution in [3.63, 3.8) is 0 Å². The topological polar surface area (TPSA) is 71.6 Å². The van der Waals surface area contributed by atoms with Gasteiger partial charge >= 0.3 is 0 Å². The SMILES string of the molecule is C(OCC1CO1)C1CO1.O=CO. The van der Waals surface area contributed by atoms with Gasteiger partial charge in [-0.1, -0.05) is 0 Å². The molecule has 0 aromatic heterocycles. The second-order valence-corrected chi connectivity index (χ2v) is 2.55. The van der Waals surface area contributed by atoms with Gasteiger partial charge in [-0.05, 0) is 0 Å². The van der Waals surface area contributed by atoms with Crippen LogP contribution in [0.4, 0.5) is 0 Å². The Morgan fingerprint density at radius 3 is 1.92 bits per heavy atom. The molecule has 1 N–H and O–H groups in total. The first-order chi connectivity index (χ1) is 5.86. The molecule has 2 rings (SSSR count). The first-order valence-electron chi connectivity index (χ1n) is 3.75. The van der Waals surface area contributed by atoms with Gasteiger partial charge in [0.15, 0.2) is 0 Å². The van der Waals surface area contributed by atoms with Crippen molar-refractivity contribution in [3.05, 3.63) is 0 Å². The van der Waals surface area contributed by atoms with Crippen molar-refractivity contribution in [2.45, 2.75) is 12.2 Å². The third-order valence-corrected chi connectivity index (χ3v) is 1.41. The summed E-state index contributed by atoms with van der Waals surface area (Å²) in [6.07, 6.45) is 0.785. The molecule has 0 bridgehead atoms. The molecule has 0 aliphatic carbocycles. The fraction of sp³-hybridized carbons (Fsp3) is 0.857. The summed E-state index contributed by atoms with van der Waals surface area (Å²) in [6, 6.07) is 0. The van der Waals surface area contributed by atoms with Gasteiger partial charge in [0.05, 0.1) is 26.4 Å². The maximum absolute atomic E-state index is 8.36. The highest BCUT2D eigenvalue weighted by Crippen LogP contribution is 2.12. The molecular weight excluding hydrogens is 164 g/mol. The number of rotatable bonds is 4. The molecule has 70 valence electrons. The van der Waals surface area contributed by atoms with Gasteiger partial charge in [0, 0.05) is 0 Å². The molecule has 2 atom stereocenters. The van der Waals surface area contributed by atoms with Crippen molar-refractivity contribution < 1.29 is 24.1 Å². The molecule has 0 spiro atoms. The van der Waals surface area contributed by atoms with Crippen molar-refractivity contribution >= 4 is 6.47 Å². The van der Waals surface area contributed by atoms with Crippen LogP contribution in [0, 0.1) is 0 Å². The van der Waals surface area contributed by atoms with Crippen LogP contribution in [0.3, 0.4) is 0 Å². The first-order valence-corrected chi connectivity index (χ1v) is 3.75. The molecule has 2 aliphatic rings. The Morgan fingerprint density at radius 1 is 1.33 bits per heavy atom. The van der Waals surface area contributed by atoms with Crippen LogP contribution in [0.5, 0.6) is 0 Å². The van der Waals surface area contributed by atoms with Crippen molar-refractivity contribution in [2.75, 3.05) is 26.4 Å². The highest BCUT2D eigenvalue weighted by atomic mass is 16.6. The average Bonchev–Trinajstić information content (AvgIpc) is 2.82. The van der Waals surface area contributed by atoms with E-state index in [1.165, 1.54) is 0 Å². The number of hydrogen-bond donors (Lipinski definition) is 1. The maximum atomic E-state index is 8.36. The van der Waals surface area contributed by atoms with E-state index in [0.29, 0.717) is 12.2 Å². The first kappa shape index (κ1) is 9.44. The number of ether oxygens (including phenoxy) is 3. The van der Waals surface area contributed by atoms with Gasteiger partial charge in [-0.15, -0.1) is 0 Å². The quantitative estimate of drug-likeness (QED) is 0.462. The predicted molar refractivity (Wildman–Crippen MR) is 39.0 cm³/mol. The van der Waals surface area contributed by atoms with Gasteiger partial charge in [0.1, 0.15) is 12.2 Å². The van der Waals surface area contributed by atoms with Crippen LogP contribution >= 0.6 is 0 Å². The molecule has 0 amide bonds. The summed E-state index contributed by atoms with van der Waals surface area (Å²) in [5.74, 6) is 0. The minimum absolute atomic E-state index is 0.250. The summed E-state index contributed by atoms with van der Waals surface area (Å²) in [5.41, 5.74) is 0. The Balaban J connectivity index is 0.000000213. The zero-order chi connectivity index (χ0) is 8.81. The summed E-state index contributed by atoms with van der Waals surface area (Å²) in [6.45, 7) is 3.01. The van der Waals surface area contributed by atoms with Crippen LogP contribution in [0.25, 0.3) is 0 Å². The zero-order valence-corrected chi connectivity index (χ0v) is 6.64. The minimum atomic E-state index is -0.250. The molecule has 0 radical (unpaired) electrons. The van der Waals surface area contributed by atoms with E-state index in [9.17, 15) is 0 Å². The third kappa shape index (κ3) is 5.06. The van der Waals surface area contributed by atoms with E-state index in [0.717, 1.165) is 26.4 Å². The van der Waals surface area contributed by atoms with E-state index >= 15 is 0 Å². The summed E-state index contributed by atoms with van der Waals surface area (Å²) in [5, 5.41) is 6.89.